The van der Waals surface area contributed by atoms with E-state index in [1.165, 1.54) is 27.4 Å². The fourth-order valence-corrected chi connectivity index (χ4v) is 2.76. The largest absolute Gasteiger partial charge is 0.493 e. The van der Waals surface area contributed by atoms with Gasteiger partial charge in [-0.25, -0.2) is 0 Å². The van der Waals surface area contributed by atoms with Gasteiger partial charge in [0.25, 0.3) is 0 Å². The molecule has 27 heavy (non-hydrogen) atoms. The maximum Gasteiger partial charge on any atom is 0.204 e. The Kier molecular flexibility index (Phi) is 6.96. The summed E-state index contributed by atoms with van der Waals surface area (Å²) in [5.74, 6) is 1.41. The van der Waals surface area contributed by atoms with Crippen LogP contribution >= 0.6 is 11.6 Å². The molecule has 0 amide bonds. The summed E-state index contributed by atoms with van der Waals surface area (Å²) in [5, 5.41) is 0.00717. The van der Waals surface area contributed by atoms with Gasteiger partial charge in [-0.1, -0.05) is 11.6 Å². The highest BCUT2D eigenvalue weighted by Crippen LogP contribution is 2.41. The number of nitrogens with two attached hydrogens (primary N) is 1. The predicted molar refractivity (Wildman–Crippen MR) is 106 cm³/mol. The highest BCUT2D eigenvalue weighted by molar-refractivity contribution is 6.47. The number of carbonyl (C=O) groups is 1. The van der Waals surface area contributed by atoms with E-state index < -0.39 is 0 Å². The smallest absolute Gasteiger partial charge is 0.204 e. The van der Waals surface area contributed by atoms with Gasteiger partial charge in [-0.2, -0.15) is 0 Å². The van der Waals surface area contributed by atoms with Crippen molar-refractivity contribution in [2.45, 2.75) is 6.92 Å². The maximum atomic E-state index is 12.7. The Hall–Kier alpha value is -2.86. The summed E-state index contributed by atoms with van der Waals surface area (Å²) in [7, 11) is 4.53. The average Bonchev–Trinajstić information content (AvgIpc) is 2.68. The summed E-state index contributed by atoms with van der Waals surface area (Å²) in [4.78, 5) is 12.7. The Morgan fingerprint density at radius 1 is 1.04 bits per heavy atom. The number of methoxy groups -OCH3 is 3. The van der Waals surface area contributed by atoms with Gasteiger partial charge < -0.3 is 24.7 Å². The highest BCUT2D eigenvalue weighted by atomic mass is 35.5. The molecule has 2 aromatic carbocycles. The minimum absolute atomic E-state index is 0.00717. The number of hydrogen-bond donors (Lipinski definition) is 1. The zero-order chi connectivity index (χ0) is 20.0. The molecule has 2 N–H and O–H groups in total. The number of carbonyl (C=O) groups excluding carboxylic acids is 1. The lowest BCUT2D eigenvalue weighted by Crippen LogP contribution is -2.03. The second kappa shape index (κ2) is 9.19. The Morgan fingerprint density at radius 2 is 1.74 bits per heavy atom. The Morgan fingerprint density at radius 3 is 2.33 bits per heavy atom. The standard InChI is InChI=1S/C20H22ClNO5/c1-5-27-17-11-12(6-8-15(17)22)18(23)14(21)10-13-7-9-16(24-2)20(26-4)19(13)25-3/h6-11H,5,22H2,1-4H3. The second-order valence-corrected chi connectivity index (χ2v) is 5.84. The minimum Gasteiger partial charge on any atom is -0.493 e. The number of anilines is 1. The maximum absolute atomic E-state index is 12.7. The summed E-state index contributed by atoms with van der Waals surface area (Å²) >= 11 is 6.28. The molecule has 0 aliphatic rings. The first-order valence-electron chi connectivity index (χ1n) is 8.19. The van der Waals surface area contributed by atoms with Gasteiger partial charge in [-0.15, -0.1) is 0 Å². The first-order chi connectivity index (χ1) is 13.0. The van der Waals surface area contributed by atoms with Gasteiger partial charge in [0.05, 0.1) is 38.7 Å². The molecule has 0 bridgehead atoms. The number of benzene rings is 2. The third-order valence-electron chi connectivity index (χ3n) is 3.81. The molecular weight excluding hydrogens is 370 g/mol. The van der Waals surface area contributed by atoms with E-state index in [0.29, 0.717) is 46.4 Å². The third-order valence-corrected chi connectivity index (χ3v) is 4.09. The molecule has 6 nitrogen and oxygen atoms in total. The topological polar surface area (TPSA) is 80.0 Å². The summed E-state index contributed by atoms with van der Waals surface area (Å²) in [5.41, 5.74) is 7.25. The van der Waals surface area contributed by atoms with Crippen molar-refractivity contribution >= 4 is 29.1 Å². The summed E-state index contributed by atoms with van der Waals surface area (Å²) in [6.45, 7) is 2.28. The summed E-state index contributed by atoms with van der Waals surface area (Å²) < 4.78 is 21.4. The lowest BCUT2D eigenvalue weighted by Gasteiger charge is -2.14. The van der Waals surface area contributed by atoms with Crippen LogP contribution in [0.25, 0.3) is 6.08 Å². The second-order valence-electron chi connectivity index (χ2n) is 5.43. The van der Waals surface area contributed by atoms with Gasteiger partial charge in [0, 0.05) is 11.1 Å². The van der Waals surface area contributed by atoms with Crippen LogP contribution in [0.15, 0.2) is 35.4 Å². The number of rotatable bonds is 8. The van der Waals surface area contributed by atoms with Crippen LogP contribution in [0.2, 0.25) is 0 Å². The molecule has 0 saturated carbocycles. The SMILES string of the molecule is CCOc1cc(C(=O)C(Cl)=Cc2ccc(OC)c(OC)c2OC)ccc1N. The molecule has 2 rings (SSSR count). The van der Waals surface area contributed by atoms with Crippen molar-refractivity contribution in [1.82, 2.24) is 0 Å². The molecule has 0 unspecified atom stereocenters. The van der Waals surface area contributed by atoms with Gasteiger partial charge in [0.2, 0.25) is 11.5 Å². The molecule has 0 aliphatic heterocycles. The molecular formula is C20H22ClNO5. The van der Waals surface area contributed by atoms with Crippen LogP contribution in [0.1, 0.15) is 22.8 Å². The molecule has 0 aliphatic carbocycles. The zero-order valence-electron chi connectivity index (χ0n) is 15.7. The van der Waals surface area contributed by atoms with Crippen LogP contribution in [-0.4, -0.2) is 33.7 Å². The van der Waals surface area contributed by atoms with Gasteiger partial charge in [0.1, 0.15) is 5.75 Å². The van der Waals surface area contributed by atoms with Crippen molar-refractivity contribution in [3.63, 3.8) is 0 Å². The van der Waals surface area contributed by atoms with Crippen LogP contribution in [-0.2, 0) is 0 Å². The van der Waals surface area contributed by atoms with Crippen LogP contribution in [0.4, 0.5) is 5.69 Å². The Bertz CT molecular complexity index is 864. The van der Waals surface area contributed by atoms with E-state index in [0.717, 1.165) is 0 Å². The van der Waals surface area contributed by atoms with Gasteiger partial charge in [0.15, 0.2) is 11.5 Å². The number of Topliss-reactive ketones (excluding diaryl/α,β-unsaturated/α-hetero) is 1. The molecule has 0 heterocycles. The van der Waals surface area contributed by atoms with E-state index in [1.54, 1.807) is 30.3 Å². The molecule has 0 radical (unpaired) electrons. The van der Waals surface area contributed by atoms with E-state index in [1.807, 2.05) is 6.92 Å². The molecule has 0 spiro atoms. The van der Waals surface area contributed by atoms with Crippen molar-refractivity contribution in [2.75, 3.05) is 33.7 Å². The minimum atomic E-state index is -0.366. The average molecular weight is 392 g/mol. The first-order valence-corrected chi connectivity index (χ1v) is 8.57. The quantitative estimate of drug-likeness (QED) is 0.413. The van der Waals surface area contributed by atoms with E-state index in [-0.39, 0.29) is 10.8 Å². The fourth-order valence-electron chi connectivity index (χ4n) is 2.53. The molecule has 0 fully saturated rings. The highest BCUT2D eigenvalue weighted by Gasteiger charge is 2.17. The summed E-state index contributed by atoms with van der Waals surface area (Å²) in [6, 6.07) is 8.22. The van der Waals surface area contributed by atoms with Crippen LogP contribution < -0.4 is 24.7 Å². The Balaban J connectivity index is 2.42. The van der Waals surface area contributed by atoms with Crippen molar-refractivity contribution < 1.29 is 23.7 Å². The van der Waals surface area contributed by atoms with E-state index in [9.17, 15) is 4.79 Å². The van der Waals surface area contributed by atoms with Crippen molar-refractivity contribution in [1.29, 1.82) is 0 Å². The van der Waals surface area contributed by atoms with Crippen LogP contribution in [0, 0.1) is 0 Å². The number of ketones is 1. The van der Waals surface area contributed by atoms with E-state index in [2.05, 4.69) is 0 Å². The Labute approximate surface area is 163 Å². The third kappa shape index (κ3) is 4.46. The molecule has 0 aromatic heterocycles. The van der Waals surface area contributed by atoms with Gasteiger partial charge in [-0.3, -0.25) is 4.79 Å². The van der Waals surface area contributed by atoms with E-state index >= 15 is 0 Å². The monoisotopic (exact) mass is 391 g/mol. The van der Waals surface area contributed by atoms with Crippen LogP contribution in [0.3, 0.4) is 0 Å². The lowest BCUT2D eigenvalue weighted by atomic mass is 10.1. The lowest BCUT2D eigenvalue weighted by molar-refractivity contribution is 0.104. The number of halogens is 1. The zero-order valence-corrected chi connectivity index (χ0v) is 16.4. The number of nitrogen functional groups attached to an aromatic ring is 1. The van der Waals surface area contributed by atoms with Crippen molar-refractivity contribution in [3.05, 3.63) is 46.5 Å². The fraction of sp³-hybridized carbons (Fsp3) is 0.250. The molecule has 7 heteroatoms. The number of hydrogen-bond acceptors (Lipinski definition) is 6. The van der Waals surface area contributed by atoms with Gasteiger partial charge >= 0.3 is 0 Å². The summed E-state index contributed by atoms with van der Waals surface area (Å²) in [6.07, 6.45) is 1.52. The molecule has 144 valence electrons. The molecule has 2 aromatic rings. The van der Waals surface area contributed by atoms with Crippen molar-refractivity contribution in [2.24, 2.45) is 0 Å². The normalized spacial score (nSPS) is 11.1. The number of ether oxygens (including phenoxy) is 4. The number of allylic oxidation sites excluding steroid dienone is 1. The molecule has 0 atom stereocenters. The van der Waals surface area contributed by atoms with E-state index in [4.69, 9.17) is 36.3 Å². The van der Waals surface area contributed by atoms with Crippen molar-refractivity contribution in [3.8, 4) is 23.0 Å². The van der Waals surface area contributed by atoms with Crippen LogP contribution in [0.5, 0.6) is 23.0 Å². The predicted octanol–water partition coefficient (Wildman–Crippen LogP) is 4.16. The molecule has 0 saturated heterocycles. The van der Waals surface area contributed by atoms with Gasteiger partial charge in [-0.05, 0) is 43.3 Å². The first kappa shape index (κ1) is 20.5.